The Bertz CT molecular complexity index is 588. The van der Waals surface area contributed by atoms with Crippen molar-refractivity contribution < 1.29 is 9.53 Å². The van der Waals surface area contributed by atoms with E-state index in [1.54, 1.807) is 7.11 Å². The Morgan fingerprint density at radius 3 is 2.27 bits per heavy atom. The number of hydrogen-bond donors (Lipinski definition) is 1. The largest absolute Gasteiger partial charge is 0.497 e. The molecule has 0 atom stereocenters. The maximum absolute atomic E-state index is 11.9. The average Bonchev–Trinajstić information content (AvgIpc) is 2.54. The first-order valence-corrected chi connectivity index (χ1v) is 7.62. The van der Waals surface area contributed by atoms with E-state index in [-0.39, 0.29) is 5.91 Å². The topological polar surface area (TPSA) is 38.3 Å². The van der Waals surface area contributed by atoms with E-state index in [0.717, 1.165) is 24.2 Å². The predicted molar refractivity (Wildman–Crippen MR) is 89.2 cm³/mol. The van der Waals surface area contributed by atoms with Crippen molar-refractivity contribution >= 4 is 5.91 Å². The molecule has 2 aromatic rings. The van der Waals surface area contributed by atoms with Crippen LogP contribution in [0.2, 0.25) is 0 Å². The number of ether oxygens (including phenoxy) is 1. The number of benzene rings is 2. The van der Waals surface area contributed by atoms with Crippen LogP contribution in [-0.4, -0.2) is 19.6 Å². The van der Waals surface area contributed by atoms with Crippen LogP contribution in [0.1, 0.15) is 23.1 Å². The molecule has 0 aromatic heterocycles. The summed E-state index contributed by atoms with van der Waals surface area (Å²) in [6, 6.07) is 16.1. The molecule has 0 unspecified atom stereocenters. The molecule has 0 saturated heterocycles. The summed E-state index contributed by atoms with van der Waals surface area (Å²) in [4.78, 5) is 11.9. The quantitative estimate of drug-likeness (QED) is 0.796. The Hall–Kier alpha value is -2.29. The van der Waals surface area contributed by atoms with E-state index in [0.29, 0.717) is 13.0 Å². The van der Waals surface area contributed by atoms with Crippen LogP contribution in [0.4, 0.5) is 0 Å². The van der Waals surface area contributed by atoms with Gasteiger partial charge in [-0.1, -0.05) is 42.0 Å². The minimum atomic E-state index is 0.0820. The molecule has 0 aliphatic rings. The fourth-order valence-electron chi connectivity index (χ4n) is 2.27. The summed E-state index contributed by atoms with van der Waals surface area (Å²) in [6.07, 6.45) is 2.34. The van der Waals surface area contributed by atoms with E-state index in [1.165, 1.54) is 11.1 Å². The van der Waals surface area contributed by atoms with Gasteiger partial charge in [-0.2, -0.15) is 0 Å². The van der Waals surface area contributed by atoms with Crippen LogP contribution in [0.25, 0.3) is 0 Å². The highest BCUT2D eigenvalue weighted by Crippen LogP contribution is 2.12. The first-order valence-electron chi connectivity index (χ1n) is 7.62. The van der Waals surface area contributed by atoms with Gasteiger partial charge in [0.1, 0.15) is 5.75 Å². The zero-order chi connectivity index (χ0) is 15.8. The molecule has 2 rings (SSSR count). The third kappa shape index (κ3) is 5.24. The summed E-state index contributed by atoms with van der Waals surface area (Å²) >= 11 is 0. The van der Waals surface area contributed by atoms with E-state index >= 15 is 0 Å². The predicted octanol–water partition coefficient (Wildman–Crippen LogP) is 3.30. The molecule has 1 amide bonds. The van der Waals surface area contributed by atoms with Crippen LogP contribution in [0.5, 0.6) is 5.75 Å². The second-order valence-corrected chi connectivity index (χ2v) is 5.46. The zero-order valence-electron chi connectivity index (χ0n) is 13.3. The minimum Gasteiger partial charge on any atom is -0.497 e. The molecular formula is C19H23NO2. The fourth-order valence-corrected chi connectivity index (χ4v) is 2.27. The van der Waals surface area contributed by atoms with Gasteiger partial charge in [0, 0.05) is 6.54 Å². The lowest BCUT2D eigenvalue weighted by Gasteiger charge is -2.06. The maximum Gasteiger partial charge on any atom is 0.224 e. The lowest BCUT2D eigenvalue weighted by Crippen LogP contribution is -2.26. The third-order valence-corrected chi connectivity index (χ3v) is 3.61. The van der Waals surface area contributed by atoms with Crippen LogP contribution >= 0.6 is 0 Å². The van der Waals surface area contributed by atoms with Crippen molar-refractivity contribution in [3.8, 4) is 5.75 Å². The van der Waals surface area contributed by atoms with Gasteiger partial charge < -0.3 is 10.1 Å². The van der Waals surface area contributed by atoms with E-state index in [2.05, 4.69) is 17.4 Å². The monoisotopic (exact) mass is 297 g/mol. The van der Waals surface area contributed by atoms with E-state index in [4.69, 9.17) is 4.74 Å². The molecule has 0 radical (unpaired) electrons. The lowest BCUT2D eigenvalue weighted by molar-refractivity contribution is -0.120. The molecule has 0 aliphatic carbocycles. The summed E-state index contributed by atoms with van der Waals surface area (Å²) in [7, 11) is 1.67. The second kappa shape index (κ2) is 8.23. The van der Waals surface area contributed by atoms with E-state index < -0.39 is 0 Å². The summed E-state index contributed by atoms with van der Waals surface area (Å²) < 4.78 is 5.13. The molecule has 3 heteroatoms. The van der Waals surface area contributed by atoms with Crippen LogP contribution in [-0.2, 0) is 17.6 Å². The highest BCUT2D eigenvalue weighted by Gasteiger charge is 2.02. The molecule has 0 bridgehead atoms. The molecule has 0 heterocycles. The van der Waals surface area contributed by atoms with Crippen LogP contribution in [0.3, 0.4) is 0 Å². The first-order chi connectivity index (χ1) is 10.7. The minimum absolute atomic E-state index is 0.0820. The summed E-state index contributed by atoms with van der Waals surface area (Å²) in [5, 5.41) is 2.97. The first kappa shape index (κ1) is 16.1. The van der Waals surface area contributed by atoms with Gasteiger partial charge in [-0.15, -0.1) is 0 Å². The van der Waals surface area contributed by atoms with Gasteiger partial charge in [0.2, 0.25) is 5.91 Å². The van der Waals surface area contributed by atoms with Gasteiger partial charge >= 0.3 is 0 Å². The number of methoxy groups -OCH3 is 1. The molecule has 0 fully saturated rings. The van der Waals surface area contributed by atoms with Crippen molar-refractivity contribution in [2.45, 2.75) is 26.2 Å². The zero-order valence-corrected chi connectivity index (χ0v) is 13.3. The summed E-state index contributed by atoms with van der Waals surface area (Å²) in [5.41, 5.74) is 3.52. The maximum atomic E-state index is 11.9. The van der Waals surface area contributed by atoms with Gasteiger partial charge in [0.05, 0.1) is 13.5 Å². The number of carbonyl (C=O) groups excluding carboxylic acids is 1. The molecular weight excluding hydrogens is 274 g/mol. The van der Waals surface area contributed by atoms with Crippen molar-refractivity contribution in [1.82, 2.24) is 5.32 Å². The van der Waals surface area contributed by atoms with Crippen LogP contribution < -0.4 is 10.1 Å². The molecule has 3 nitrogen and oxygen atoms in total. The number of hydrogen-bond acceptors (Lipinski definition) is 2. The molecule has 0 saturated carbocycles. The average molecular weight is 297 g/mol. The van der Waals surface area contributed by atoms with E-state index in [1.807, 2.05) is 43.3 Å². The Balaban J connectivity index is 1.67. The third-order valence-electron chi connectivity index (χ3n) is 3.61. The molecule has 0 spiro atoms. The number of nitrogens with one attached hydrogen (secondary N) is 1. The van der Waals surface area contributed by atoms with Crippen molar-refractivity contribution in [3.63, 3.8) is 0 Å². The number of aryl methyl sites for hydroxylation is 2. The summed E-state index contributed by atoms with van der Waals surface area (Å²) in [6.45, 7) is 2.75. The Morgan fingerprint density at radius 2 is 1.64 bits per heavy atom. The van der Waals surface area contributed by atoms with E-state index in [9.17, 15) is 4.79 Å². The molecule has 1 N–H and O–H groups in total. The lowest BCUT2D eigenvalue weighted by atomic mass is 10.1. The Labute approximate surface area is 132 Å². The summed E-state index contributed by atoms with van der Waals surface area (Å²) in [5.74, 6) is 0.953. The number of amides is 1. The molecule has 0 aliphatic heterocycles. The highest BCUT2D eigenvalue weighted by atomic mass is 16.5. The van der Waals surface area contributed by atoms with Crippen molar-refractivity contribution in [2.24, 2.45) is 0 Å². The van der Waals surface area contributed by atoms with Gasteiger partial charge in [0.15, 0.2) is 0 Å². The fraction of sp³-hybridized carbons (Fsp3) is 0.316. The SMILES string of the molecule is COc1ccc(CCCNC(=O)Cc2ccc(C)cc2)cc1. The van der Waals surface area contributed by atoms with Crippen molar-refractivity contribution in [2.75, 3.05) is 13.7 Å². The van der Waals surface area contributed by atoms with Gasteiger partial charge in [-0.25, -0.2) is 0 Å². The molecule has 116 valence electrons. The van der Waals surface area contributed by atoms with Crippen molar-refractivity contribution in [1.29, 1.82) is 0 Å². The van der Waals surface area contributed by atoms with Gasteiger partial charge in [0.25, 0.3) is 0 Å². The van der Waals surface area contributed by atoms with Crippen molar-refractivity contribution in [3.05, 3.63) is 65.2 Å². The second-order valence-electron chi connectivity index (χ2n) is 5.46. The standard InChI is InChI=1S/C19H23NO2/c1-15-5-7-17(8-6-15)14-19(21)20-13-3-4-16-9-11-18(22-2)12-10-16/h5-12H,3-4,13-14H2,1-2H3,(H,20,21). The van der Waals surface area contributed by atoms with Gasteiger partial charge in [-0.3, -0.25) is 4.79 Å². The molecule has 2 aromatic carbocycles. The van der Waals surface area contributed by atoms with Crippen LogP contribution in [0.15, 0.2) is 48.5 Å². The number of rotatable bonds is 7. The van der Waals surface area contributed by atoms with Crippen LogP contribution in [0, 0.1) is 6.92 Å². The van der Waals surface area contributed by atoms with Gasteiger partial charge in [-0.05, 0) is 43.0 Å². The smallest absolute Gasteiger partial charge is 0.224 e. The normalized spacial score (nSPS) is 10.3. The number of carbonyl (C=O) groups is 1. The highest BCUT2D eigenvalue weighted by molar-refractivity contribution is 5.78. The Kier molecular flexibility index (Phi) is 6.01. The molecule has 22 heavy (non-hydrogen) atoms. The Morgan fingerprint density at radius 1 is 1.00 bits per heavy atom.